The SMILES string of the molecule is COc1cc(CNC(=O)NC(C)c2ccc3c(c2)OCCO3)cc(OC)c1OC. The summed E-state index contributed by atoms with van der Waals surface area (Å²) in [6, 6.07) is 8.76. The zero-order valence-corrected chi connectivity index (χ0v) is 17.0. The molecule has 0 fully saturated rings. The number of ether oxygens (including phenoxy) is 5. The molecular weight excluding hydrogens is 376 g/mol. The summed E-state index contributed by atoms with van der Waals surface area (Å²) in [7, 11) is 4.65. The minimum absolute atomic E-state index is 0.203. The molecule has 0 aromatic heterocycles. The molecule has 8 nitrogen and oxygen atoms in total. The summed E-state index contributed by atoms with van der Waals surface area (Å²) in [5.41, 5.74) is 1.75. The topological polar surface area (TPSA) is 87.3 Å². The Bertz CT molecular complexity index is 845. The van der Waals surface area contributed by atoms with E-state index in [1.54, 1.807) is 33.5 Å². The standard InChI is InChI=1S/C21H26N2O6/c1-13(15-5-6-16-17(11-15)29-8-7-28-16)23-21(24)22-12-14-9-18(25-2)20(27-4)19(10-14)26-3/h5-6,9-11,13H,7-8,12H2,1-4H3,(H2,22,23,24). The molecule has 1 heterocycles. The molecule has 1 aliphatic heterocycles. The van der Waals surface area contributed by atoms with E-state index in [2.05, 4.69) is 10.6 Å². The summed E-state index contributed by atoms with van der Waals surface area (Å²) >= 11 is 0. The van der Waals surface area contributed by atoms with Gasteiger partial charge in [-0.3, -0.25) is 0 Å². The van der Waals surface area contributed by atoms with Gasteiger partial charge in [0.15, 0.2) is 23.0 Å². The number of carbonyl (C=O) groups is 1. The lowest BCUT2D eigenvalue weighted by Gasteiger charge is -2.21. The van der Waals surface area contributed by atoms with Crippen LogP contribution in [0.5, 0.6) is 28.7 Å². The van der Waals surface area contributed by atoms with Gasteiger partial charge in [0.25, 0.3) is 0 Å². The smallest absolute Gasteiger partial charge is 0.315 e. The summed E-state index contributed by atoms with van der Waals surface area (Å²) in [6.07, 6.45) is 0. The van der Waals surface area contributed by atoms with E-state index in [1.807, 2.05) is 25.1 Å². The first-order chi connectivity index (χ1) is 14.0. The van der Waals surface area contributed by atoms with Crippen LogP contribution in [0.1, 0.15) is 24.1 Å². The molecule has 2 amide bonds. The second-order valence-corrected chi connectivity index (χ2v) is 6.49. The van der Waals surface area contributed by atoms with Gasteiger partial charge >= 0.3 is 6.03 Å². The third-order valence-corrected chi connectivity index (χ3v) is 4.59. The second-order valence-electron chi connectivity index (χ2n) is 6.49. The van der Waals surface area contributed by atoms with Crippen LogP contribution >= 0.6 is 0 Å². The highest BCUT2D eigenvalue weighted by atomic mass is 16.6. The van der Waals surface area contributed by atoms with Crippen molar-refractivity contribution in [1.29, 1.82) is 0 Å². The molecule has 2 N–H and O–H groups in total. The van der Waals surface area contributed by atoms with Crippen molar-refractivity contribution in [3.05, 3.63) is 41.5 Å². The third-order valence-electron chi connectivity index (χ3n) is 4.59. The number of hydrogen-bond acceptors (Lipinski definition) is 6. The van der Waals surface area contributed by atoms with Gasteiger partial charge in [-0.2, -0.15) is 0 Å². The molecule has 2 aromatic carbocycles. The Labute approximate surface area is 170 Å². The minimum Gasteiger partial charge on any atom is -0.493 e. The number of hydrogen-bond donors (Lipinski definition) is 2. The Morgan fingerprint density at radius 3 is 2.28 bits per heavy atom. The lowest BCUT2D eigenvalue weighted by molar-refractivity contribution is 0.171. The van der Waals surface area contributed by atoms with E-state index < -0.39 is 0 Å². The largest absolute Gasteiger partial charge is 0.493 e. The lowest BCUT2D eigenvalue weighted by Crippen LogP contribution is -2.36. The highest BCUT2D eigenvalue weighted by molar-refractivity contribution is 5.74. The average Bonchev–Trinajstić information content (AvgIpc) is 2.76. The molecule has 156 valence electrons. The quantitative estimate of drug-likeness (QED) is 0.740. The maximum Gasteiger partial charge on any atom is 0.315 e. The van der Waals surface area contributed by atoms with Gasteiger partial charge in [-0.1, -0.05) is 6.07 Å². The molecule has 0 bridgehead atoms. The van der Waals surface area contributed by atoms with Crippen LogP contribution in [0.3, 0.4) is 0 Å². The van der Waals surface area contributed by atoms with E-state index in [-0.39, 0.29) is 12.1 Å². The van der Waals surface area contributed by atoms with Crippen LogP contribution in [0.2, 0.25) is 0 Å². The van der Waals surface area contributed by atoms with E-state index in [9.17, 15) is 4.79 Å². The van der Waals surface area contributed by atoms with Crippen LogP contribution < -0.4 is 34.3 Å². The summed E-state index contributed by atoms with van der Waals surface area (Å²) in [5, 5.41) is 5.76. The summed E-state index contributed by atoms with van der Waals surface area (Å²) < 4.78 is 27.1. The monoisotopic (exact) mass is 402 g/mol. The Morgan fingerprint density at radius 2 is 1.66 bits per heavy atom. The van der Waals surface area contributed by atoms with Gasteiger partial charge in [-0.15, -0.1) is 0 Å². The van der Waals surface area contributed by atoms with Crippen LogP contribution in [0.25, 0.3) is 0 Å². The van der Waals surface area contributed by atoms with Crippen molar-refractivity contribution in [2.24, 2.45) is 0 Å². The Balaban J connectivity index is 1.61. The lowest BCUT2D eigenvalue weighted by atomic mass is 10.1. The predicted octanol–water partition coefficient (Wildman–Crippen LogP) is 3.04. The number of amides is 2. The van der Waals surface area contributed by atoms with Crippen molar-refractivity contribution in [2.75, 3.05) is 34.5 Å². The van der Waals surface area contributed by atoms with E-state index >= 15 is 0 Å². The normalized spacial score (nSPS) is 13.2. The summed E-state index contributed by atoms with van der Waals surface area (Å²) in [4.78, 5) is 12.4. The zero-order valence-electron chi connectivity index (χ0n) is 17.0. The molecule has 1 unspecified atom stereocenters. The van der Waals surface area contributed by atoms with Gasteiger partial charge in [-0.25, -0.2) is 4.79 Å². The van der Waals surface area contributed by atoms with Crippen LogP contribution in [0, 0.1) is 0 Å². The molecular formula is C21H26N2O6. The van der Waals surface area contributed by atoms with Gasteiger partial charge in [0.1, 0.15) is 13.2 Å². The van der Waals surface area contributed by atoms with E-state index in [1.165, 1.54) is 0 Å². The molecule has 1 aliphatic rings. The van der Waals surface area contributed by atoms with Gasteiger partial charge in [-0.05, 0) is 42.3 Å². The first-order valence-corrected chi connectivity index (χ1v) is 9.28. The van der Waals surface area contributed by atoms with Crippen LogP contribution in [-0.4, -0.2) is 40.6 Å². The number of fused-ring (bicyclic) bond motifs is 1. The highest BCUT2D eigenvalue weighted by Gasteiger charge is 2.17. The second kappa shape index (κ2) is 9.27. The molecule has 8 heteroatoms. The molecule has 0 saturated heterocycles. The minimum atomic E-state index is -0.291. The molecule has 0 radical (unpaired) electrons. The summed E-state index contributed by atoms with van der Waals surface area (Å²) in [6.45, 7) is 3.28. The van der Waals surface area contributed by atoms with Crippen molar-refractivity contribution in [2.45, 2.75) is 19.5 Å². The van der Waals surface area contributed by atoms with Crippen molar-refractivity contribution in [3.8, 4) is 28.7 Å². The van der Waals surface area contributed by atoms with Crippen molar-refractivity contribution in [1.82, 2.24) is 10.6 Å². The third kappa shape index (κ3) is 4.77. The van der Waals surface area contributed by atoms with E-state index in [0.717, 1.165) is 16.9 Å². The molecule has 3 rings (SSSR count). The zero-order chi connectivity index (χ0) is 20.8. The van der Waals surface area contributed by atoms with Gasteiger partial charge in [0.2, 0.25) is 5.75 Å². The first-order valence-electron chi connectivity index (χ1n) is 9.28. The van der Waals surface area contributed by atoms with Crippen molar-refractivity contribution >= 4 is 6.03 Å². The van der Waals surface area contributed by atoms with Crippen LogP contribution in [0.15, 0.2) is 30.3 Å². The predicted molar refractivity (Wildman–Crippen MR) is 107 cm³/mol. The van der Waals surface area contributed by atoms with E-state index in [0.29, 0.717) is 42.8 Å². The van der Waals surface area contributed by atoms with Gasteiger partial charge < -0.3 is 34.3 Å². The number of methoxy groups -OCH3 is 3. The van der Waals surface area contributed by atoms with Gasteiger partial charge in [0, 0.05) is 6.54 Å². The first kappa shape index (κ1) is 20.4. The average molecular weight is 402 g/mol. The molecule has 0 spiro atoms. The molecule has 0 saturated carbocycles. The fourth-order valence-corrected chi connectivity index (χ4v) is 3.08. The summed E-state index contributed by atoms with van der Waals surface area (Å²) in [5.74, 6) is 3.00. The van der Waals surface area contributed by atoms with Crippen molar-refractivity contribution < 1.29 is 28.5 Å². The fraction of sp³-hybridized carbons (Fsp3) is 0.381. The van der Waals surface area contributed by atoms with Gasteiger partial charge in [0.05, 0.1) is 27.4 Å². The Hall–Kier alpha value is -3.29. The highest BCUT2D eigenvalue weighted by Crippen LogP contribution is 2.38. The molecule has 2 aromatic rings. The Kier molecular flexibility index (Phi) is 6.54. The molecule has 1 atom stereocenters. The fourth-order valence-electron chi connectivity index (χ4n) is 3.08. The number of benzene rings is 2. The number of carbonyl (C=O) groups excluding carboxylic acids is 1. The van der Waals surface area contributed by atoms with Crippen molar-refractivity contribution in [3.63, 3.8) is 0 Å². The Morgan fingerprint density at radius 1 is 1.00 bits per heavy atom. The molecule has 29 heavy (non-hydrogen) atoms. The maximum atomic E-state index is 12.4. The number of nitrogens with one attached hydrogen (secondary N) is 2. The molecule has 0 aliphatic carbocycles. The van der Waals surface area contributed by atoms with Crippen LogP contribution in [0.4, 0.5) is 4.79 Å². The van der Waals surface area contributed by atoms with Crippen LogP contribution in [-0.2, 0) is 6.54 Å². The van der Waals surface area contributed by atoms with E-state index in [4.69, 9.17) is 23.7 Å². The number of urea groups is 1. The number of rotatable bonds is 7. The maximum absolute atomic E-state index is 12.4.